The number of piperidine rings is 1. The Bertz CT molecular complexity index is 1010. The molecule has 0 saturated carbocycles. The maximum Gasteiger partial charge on any atom is 0.147 e. The van der Waals surface area contributed by atoms with Crippen LogP contribution in [-0.2, 0) is 0 Å². The van der Waals surface area contributed by atoms with Gasteiger partial charge >= 0.3 is 0 Å². The Morgan fingerprint density at radius 1 is 1.04 bits per heavy atom. The molecular formula is C23H28ClN3O. The number of aliphatic hydroxyl groups is 1. The first kappa shape index (κ1) is 19.3. The molecule has 0 spiro atoms. The minimum absolute atomic E-state index is 0.295. The normalized spacial score (nSPS) is 15.6. The van der Waals surface area contributed by atoms with Crippen LogP contribution in [0.3, 0.4) is 0 Å². The molecule has 0 amide bonds. The van der Waals surface area contributed by atoms with E-state index in [-0.39, 0.29) is 0 Å². The van der Waals surface area contributed by atoms with Gasteiger partial charge in [0.25, 0.3) is 0 Å². The molecule has 5 heteroatoms. The van der Waals surface area contributed by atoms with Gasteiger partial charge in [0.05, 0.1) is 5.69 Å². The number of aliphatic hydroxyl groups excluding tert-OH is 1. The third kappa shape index (κ3) is 3.29. The molecule has 148 valence electrons. The first-order chi connectivity index (χ1) is 13.4. The van der Waals surface area contributed by atoms with Crippen molar-refractivity contribution in [2.45, 2.75) is 40.5 Å². The first-order valence-corrected chi connectivity index (χ1v) is 10.4. The zero-order valence-electron chi connectivity index (χ0n) is 17.1. The van der Waals surface area contributed by atoms with Crippen molar-refractivity contribution >= 4 is 28.3 Å². The van der Waals surface area contributed by atoms with Gasteiger partial charge in [-0.25, -0.2) is 4.98 Å². The lowest BCUT2D eigenvalue weighted by Crippen LogP contribution is -2.35. The van der Waals surface area contributed by atoms with E-state index in [4.69, 9.17) is 16.6 Å². The van der Waals surface area contributed by atoms with E-state index in [1.54, 1.807) is 0 Å². The van der Waals surface area contributed by atoms with Gasteiger partial charge in [-0.05, 0) is 81.3 Å². The van der Waals surface area contributed by atoms with Crippen LogP contribution in [0.2, 0.25) is 5.02 Å². The van der Waals surface area contributed by atoms with Crippen molar-refractivity contribution in [1.29, 1.82) is 0 Å². The average Bonchev–Trinajstić information content (AvgIpc) is 2.96. The number of anilines is 1. The maximum absolute atomic E-state index is 9.47. The van der Waals surface area contributed by atoms with Crippen LogP contribution in [0.5, 0.6) is 0 Å². The number of halogens is 1. The molecule has 4 nitrogen and oxygen atoms in total. The summed E-state index contributed by atoms with van der Waals surface area (Å²) in [7, 11) is 0. The molecule has 1 N–H and O–H groups in total. The second-order valence-electron chi connectivity index (χ2n) is 8.16. The zero-order valence-corrected chi connectivity index (χ0v) is 17.8. The van der Waals surface area contributed by atoms with Gasteiger partial charge < -0.3 is 14.6 Å². The highest BCUT2D eigenvalue weighted by Gasteiger charge is 2.23. The molecule has 1 aromatic carbocycles. The Hall–Kier alpha value is -2.04. The number of hydrogen-bond acceptors (Lipinski definition) is 3. The summed E-state index contributed by atoms with van der Waals surface area (Å²) < 4.78 is 2.22. The Balaban J connectivity index is 1.88. The van der Waals surface area contributed by atoms with Gasteiger partial charge in [-0.15, -0.1) is 0 Å². The molecule has 1 fully saturated rings. The van der Waals surface area contributed by atoms with Crippen molar-refractivity contribution in [3.05, 3.63) is 51.8 Å². The Labute approximate surface area is 171 Å². The summed E-state index contributed by atoms with van der Waals surface area (Å²) in [4.78, 5) is 7.39. The summed E-state index contributed by atoms with van der Waals surface area (Å²) in [5.74, 6) is 0.430. The quantitative estimate of drug-likeness (QED) is 0.666. The number of aryl methyl sites for hydroxylation is 4. The topological polar surface area (TPSA) is 41.3 Å². The smallest absolute Gasteiger partial charge is 0.147 e. The molecule has 0 unspecified atom stereocenters. The molecule has 1 aliphatic heterocycles. The van der Waals surface area contributed by atoms with Crippen molar-refractivity contribution in [1.82, 2.24) is 9.55 Å². The summed E-state index contributed by atoms with van der Waals surface area (Å²) in [5.41, 5.74) is 7.98. The minimum Gasteiger partial charge on any atom is -0.396 e. The van der Waals surface area contributed by atoms with Gasteiger partial charge in [0.2, 0.25) is 0 Å². The monoisotopic (exact) mass is 397 g/mol. The van der Waals surface area contributed by atoms with E-state index in [9.17, 15) is 5.11 Å². The fourth-order valence-corrected chi connectivity index (χ4v) is 4.90. The standard InChI is InChI=1S/C23H28ClN3O/c1-14-9-19(24)10-15(2)22(14)27-12-16(3)21-20(11-17(4)25-23(21)27)26-7-5-18(13-28)6-8-26/h9-12,18,28H,5-8,13H2,1-4H3. The Kier molecular flexibility index (Phi) is 5.11. The summed E-state index contributed by atoms with van der Waals surface area (Å²) in [6.45, 7) is 10.7. The predicted octanol–water partition coefficient (Wildman–Crippen LogP) is 5.12. The van der Waals surface area contributed by atoms with Crippen molar-refractivity contribution in [2.75, 3.05) is 24.6 Å². The first-order valence-electron chi connectivity index (χ1n) is 10.0. The van der Waals surface area contributed by atoms with Crippen molar-refractivity contribution in [3.8, 4) is 5.69 Å². The van der Waals surface area contributed by atoms with E-state index in [1.807, 2.05) is 12.1 Å². The van der Waals surface area contributed by atoms with Crippen LogP contribution in [0.15, 0.2) is 24.4 Å². The van der Waals surface area contributed by atoms with Gasteiger partial charge in [0.15, 0.2) is 0 Å². The highest BCUT2D eigenvalue weighted by atomic mass is 35.5. The van der Waals surface area contributed by atoms with Gasteiger partial charge in [-0.2, -0.15) is 0 Å². The lowest BCUT2D eigenvalue weighted by molar-refractivity contribution is 0.203. The number of benzene rings is 1. The SMILES string of the molecule is Cc1cc(N2CCC(CO)CC2)c2c(C)cn(-c3c(C)cc(Cl)cc3C)c2n1. The molecule has 0 atom stereocenters. The van der Waals surface area contributed by atoms with Gasteiger partial charge in [-0.1, -0.05) is 11.6 Å². The predicted molar refractivity (Wildman–Crippen MR) is 117 cm³/mol. The van der Waals surface area contributed by atoms with Crippen LogP contribution in [0.1, 0.15) is 35.2 Å². The van der Waals surface area contributed by atoms with E-state index < -0.39 is 0 Å². The van der Waals surface area contributed by atoms with Crippen molar-refractivity contribution < 1.29 is 5.11 Å². The van der Waals surface area contributed by atoms with Crippen molar-refractivity contribution in [2.24, 2.45) is 5.92 Å². The number of aromatic nitrogens is 2. The van der Waals surface area contributed by atoms with Gasteiger partial charge in [0.1, 0.15) is 5.65 Å². The molecule has 2 aromatic heterocycles. The highest BCUT2D eigenvalue weighted by Crippen LogP contribution is 2.36. The molecule has 0 bridgehead atoms. The summed E-state index contributed by atoms with van der Waals surface area (Å²) in [6.07, 6.45) is 4.27. The summed E-state index contributed by atoms with van der Waals surface area (Å²) in [6, 6.07) is 6.24. The minimum atomic E-state index is 0.295. The molecule has 3 heterocycles. The Morgan fingerprint density at radius 2 is 1.68 bits per heavy atom. The van der Waals surface area contributed by atoms with Gasteiger partial charge in [-0.3, -0.25) is 0 Å². The number of pyridine rings is 1. The number of hydrogen-bond donors (Lipinski definition) is 1. The van der Waals surface area contributed by atoms with Crippen LogP contribution >= 0.6 is 11.6 Å². The van der Waals surface area contributed by atoms with Crippen LogP contribution in [0.4, 0.5) is 5.69 Å². The maximum atomic E-state index is 9.47. The van der Waals surface area contributed by atoms with E-state index in [2.05, 4.69) is 49.4 Å². The van der Waals surface area contributed by atoms with E-state index >= 15 is 0 Å². The summed E-state index contributed by atoms with van der Waals surface area (Å²) in [5, 5.41) is 11.5. The van der Waals surface area contributed by atoms with Crippen LogP contribution in [0.25, 0.3) is 16.7 Å². The molecule has 4 rings (SSSR count). The average molecular weight is 398 g/mol. The van der Waals surface area contributed by atoms with Crippen LogP contribution < -0.4 is 4.90 Å². The third-order valence-corrected chi connectivity index (χ3v) is 6.18. The molecule has 0 aliphatic carbocycles. The summed E-state index contributed by atoms with van der Waals surface area (Å²) >= 11 is 6.26. The third-order valence-electron chi connectivity index (χ3n) is 5.96. The largest absolute Gasteiger partial charge is 0.396 e. The lowest BCUT2D eigenvalue weighted by atomic mass is 9.97. The Morgan fingerprint density at radius 3 is 2.29 bits per heavy atom. The highest BCUT2D eigenvalue weighted by molar-refractivity contribution is 6.30. The molecule has 0 radical (unpaired) electrons. The van der Waals surface area contributed by atoms with Gasteiger partial charge in [0, 0.05) is 47.7 Å². The molecule has 1 aliphatic rings. The molecular weight excluding hydrogens is 370 g/mol. The van der Waals surface area contributed by atoms with Crippen LogP contribution in [0, 0.1) is 33.6 Å². The molecule has 1 saturated heterocycles. The molecule has 28 heavy (non-hydrogen) atoms. The lowest BCUT2D eigenvalue weighted by Gasteiger charge is -2.33. The number of fused-ring (bicyclic) bond motifs is 1. The molecule has 3 aromatic rings. The van der Waals surface area contributed by atoms with Crippen LogP contribution in [-0.4, -0.2) is 34.4 Å². The van der Waals surface area contributed by atoms with Crippen molar-refractivity contribution in [3.63, 3.8) is 0 Å². The number of rotatable bonds is 3. The van der Waals surface area contributed by atoms with E-state index in [0.717, 1.165) is 59.1 Å². The van der Waals surface area contributed by atoms with E-state index in [1.165, 1.54) is 16.6 Å². The fourth-order valence-electron chi connectivity index (χ4n) is 4.57. The fraction of sp³-hybridized carbons (Fsp3) is 0.435. The van der Waals surface area contributed by atoms with E-state index in [0.29, 0.717) is 12.5 Å². The second-order valence-corrected chi connectivity index (χ2v) is 8.60. The second kappa shape index (κ2) is 7.41. The number of nitrogens with zero attached hydrogens (tertiary/aromatic N) is 3. The zero-order chi connectivity index (χ0) is 20.0.